The van der Waals surface area contributed by atoms with Crippen LogP contribution in [0.3, 0.4) is 0 Å². The minimum absolute atomic E-state index is 0.0309. The monoisotopic (exact) mass is 288 g/mol. The normalized spacial score (nSPS) is 11.4. The zero-order valence-electron chi connectivity index (χ0n) is 12.8. The van der Waals surface area contributed by atoms with E-state index in [1.807, 2.05) is 24.3 Å². The first-order valence-electron chi connectivity index (χ1n) is 6.83. The zero-order chi connectivity index (χ0) is 15.6. The number of rotatable bonds is 4. The van der Waals surface area contributed by atoms with Crippen molar-refractivity contribution in [3.05, 3.63) is 53.0 Å². The van der Waals surface area contributed by atoms with Gasteiger partial charge in [0.2, 0.25) is 5.76 Å². The third-order valence-electron chi connectivity index (χ3n) is 3.26. The average Bonchev–Trinajstić information content (AvgIpc) is 2.77. The van der Waals surface area contributed by atoms with E-state index in [1.54, 1.807) is 13.0 Å². The Bertz CT molecular complexity index is 630. The Labute approximate surface area is 124 Å². The van der Waals surface area contributed by atoms with Crippen molar-refractivity contribution in [3.8, 4) is 5.75 Å². The molecule has 1 heterocycles. The predicted octanol–water partition coefficient (Wildman–Crippen LogP) is 4.16. The van der Waals surface area contributed by atoms with Gasteiger partial charge >= 0.3 is 5.97 Å². The zero-order valence-corrected chi connectivity index (χ0v) is 12.8. The molecule has 0 fully saturated rings. The van der Waals surface area contributed by atoms with Crippen molar-refractivity contribution >= 4 is 5.97 Å². The van der Waals surface area contributed by atoms with Crippen molar-refractivity contribution in [1.82, 2.24) is 0 Å². The van der Waals surface area contributed by atoms with Crippen LogP contribution in [-0.2, 0) is 12.0 Å². The maximum absolute atomic E-state index is 10.9. The van der Waals surface area contributed by atoms with Gasteiger partial charge in [0.05, 0.1) is 0 Å². The standard InChI is InChI=1S/C17H20O4/c1-11-9-14(21-15(11)16(18)19)10-20-13-7-5-12(6-8-13)17(2,3)4/h5-9H,10H2,1-4H3,(H,18,19). The lowest BCUT2D eigenvalue weighted by molar-refractivity contribution is 0.0657. The van der Waals surface area contributed by atoms with Crippen molar-refractivity contribution < 1.29 is 19.1 Å². The van der Waals surface area contributed by atoms with Gasteiger partial charge in [0.25, 0.3) is 0 Å². The molecule has 1 aromatic heterocycles. The smallest absolute Gasteiger partial charge is 0.372 e. The molecule has 0 bridgehead atoms. The lowest BCUT2D eigenvalue weighted by Gasteiger charge is -2.19. The highest BCUT2D eigenvalue weighted by Gasteiger charge is 2.15. The number of carbonyl (C=O) groups is 1. The number of carboxylic acid groups (broad SMARTS) is 1. The number of aromatic carboxylic acids is 1. The van der Waals surface area contributed by atoms with E-state index in [4.69, 9.17) is 14.3 Å². The molecule has 0 saturated heterocycles. The summed E-state index contributed by atoms with van der Waals surface area (Å²) < 4.78 is 10.9. The van der Waals surface area contributed by atoms with Gasteiger partial charge in [0, 0.05) is 5.56 Å². The summed E-state index contributed by atoms with van der Waals surface area (Å²) in [6.07, 6.45) is 0. The van der Waals surface area contributed by atoms with Gasteiger partial charge in [-0.05, 0) is 36.1 Å². The van der Waals surface area contributed by atoms with Crippen LogP contribution in [0.1, 0.15) is 48.2 Å². The first kappa shape index (κ1) is 15.2. The van der Waals surface area contributed by atoms with Crippen LogP contribution in [0.25, 0.3) is 0 Å². The number of carboxylic acids is 1. The average molecular weight is 288 g/mol. The van der Waals surface area contributed by atoms with E-state index in [-0.39, 0.29) is 17.8 Å². The van der Waals surface area contributed by atoms with Gasteiger partial charge in [0.1, 0.15) is 18.1 Å². The van der Waals surface area contributed by atoms with Gasteiger partial charge in [-0.15, -0.1) is 0 Å². The lowest BCUT2D eigenvalue weighted by Crippen LogP contribution is -2.10. The van der Waals surface area contributed by atoms with Gasteiger partial charge in [-0.3, -0.25) is 0 Å². The number of hydrogen-bond donors (Lipinski definition) is 1. The first-order valence-corrected chi connectivity index (χ1v) is 6.83. The van der Waals surface area contributed by atoms with Crippen molar-refractivity contribution in [3.63, 3.8) is 0 Å². The first-order chi connectivity index (χ1) is 9.77. The molecule has 0 aliphatic heterocycles. The molecule has 112 valence electrons. The molecule has 21 heavy (non-hydrogen) atoms. The van der Waals surface area contributed by atoms with E-state index in [1.165, 1.54) is 5.56 Å². The van der Waals surface area contributed by atoms with Gasteiger partial charge in [-0.25, -0.2) is 4.79 Å². The van der Waals surface area contributed by atoms with Crippen molar-refractivity contribution in [2.24, 2.45) is 0 Å². The van der Waals surface area contributed by atoms with Crippen molar-refractivity contribution in [1.29, 1.82) is 0 Å². The van der Waals surface area contributed by atoms with E-state index < -0.39 is 5.97 Å². The Morgan fingerprint density at radius 1 is 1.24 bits per heavy atom. The van der Waals surface area contributed by atoms with Crippen LogP contribution >= 0.6 is 0 Å². The third-order valence-corrected chi connectivity index (χ3v) is 3.26. The molecule has 0 radical (unpaired) electrons. The molecule has 1 aromatic carbocycles. The van der Waals surface area contributed by atoms with Crippen LogP contribution in [0.2, 0.25) is 0 Å². The fourth-order valence-electron chi connectivity index (χ4n) is 2.04. The molecule has 0 aliphatic carbocycles. The number of furan rings is 1. The quantitative estimate of drug-likeness (QED) is 0.917. The van der Waals surface area contributed by atoms with Gasteiger partial charge in [-0.2, -0.15) is 0 Å². The van der Waals surface area contributed by atoms with E-state index in [0.29, 0.717) is 11.3 Å². The van der Waals surface area contributed by atoms with Crippen LogP contribution in [0.15, 0.2) is 34.7 Å². The summed E-state index contributed by atoms with van der Waals surface area (Å²) in [6, 6.07) is 9.58. The van der Waals surface area contributed by atoms with E-state index in [9.17, 15) is 4.79 Å². The Morgan fingerprint density at radius 3 is 2.33 bits per heavy atom. The minimum atomic E-state index is -1.06. The molecular formula is C17H20O4. The van der Waals surface area contributed by atoms with Crippen LogP contribution in [0.5, 0.6) is 5.75 Å². The highest BCUT2D eigenvalue weighted by Crippen LogP contribution is 2.25. The highest BCUT2D eigenvalue weighted by molar-refractivity contribution is 5.86. The van der Waals surface area contributed by atoms with E-state index in [0.717, 1.165) is 5.75 Å². The van der Waals surface area contributed by atoms with Crippen LogP contribution in [0.4, 0.5) is 0 Å². The Kier molecular flexibility index (Phi) is 4.07. The minimum Gasteiger partial charge on any atom is -0.486 e. The summed E-state index contributed by atoms with van der Waals surface area (Å²) in [5.41, 5.74) is 1.94. The maximum Gasteiger partial charge on any atom is 0.372 e. The van der Waals surface area contributed by atoms with Crippen molar-refractivity contribution in [2.75, 3.05) is 0 Å². The molecule has 2 aromatic rings. The van der Waals surface area contributed by atoms with E-state index in [2.05, 4.69) is 20.8 Å². The summed E-state index contributed by atoms with van der Waals surface area (Å²) in [5.74, 6) is 0.142. The second-order valence-electron chi connectivity index (χ2n) is 6.09. The summed E-state index contributed by atoms with van der Waals surface area (Å²) in [7, 11) is 0. The van der Waals surface area contributed by atoms with Crippen LogP contribution in [0, 0.1) is 6.92 Å². The largest absolute Gasteiger partial charge is 0.486 e. The summed E-state index contributed by atoms with van der Waals surface area (Å²) in [5, 5.41) is 8.94. The number of benzene rings is 1. The Morgan fingerprint density at radius 2 is 1.86 bits per heavy atom. The fraction of sp³-hybridized carbons (Fsp3) is 0.353. The summed E-state index contributed by atoms with van der Waals surface area (Å²) in [4.78, 5) is 10.9. The lowest BCUT2D eigenvalue weighted by atomic mass is 9.87. The third kappa shape index (κ3) is 3.66. The second kappa shape index (κ2) is 5.64. The highest BCUT2D eigenvalue weighted by atomic mass is 16.5. The molecule has 4 nitrogen and oxygen atoms in total. The molecule has 2 rings (SSSR count). The molecule has 0 atom stereocenters. The molecule has 0 aliphatic rings. The molecule has 0 unspecified atom stereocenters. The maximum atomic E-state index is 10.9. The topological polar surface area (TPSA) is 59.7 Å². The van der Waals surface area contributed by atoms with Gasteiger partial charge in [-0.1, -0.05) is 32.9 Å². The van der Waals surface area contributed by atoms with Gasteiger partial charge < -0.3 is 14.3 Å². The summed E-state index contributed by atoms with van der Waals surface area (Å²) in [6.45, 7) is 8.38. The number of ether oxygens (including phenoxy) is 1. The van der Waals surface area contributed by atoms with Gasteiger partial charge in [0.15, 0.2) is 0 Å². The van der Waals surface area contributed by atoms with E-state index >= 15 is 0 Å². The molecular weight excluding hydrogens is 268 g/mol. The second-order valence-corrected chi connectivity index (χ2v) is 6.09. The van der Waals surface area contributed by atoms with Crippen molar-refractivity contribution in [2.45, 2.75) is 39.7 Å². The molecule has 0 spiro atoms. The number of aryl methyl sites for hydroxylation is 1. The summed E-state index contributed by atoms with van der Waals surface area (Å²) >= 11 is 0. The molecule has 0 amide bonds. The Hall–Kier alpha value is -2.23. The molecule has 1 N–H and O–H groups in total. The molecule has 0 saturated carbocycles. The number of hydrogen-bond acceptors (Lipinski definition) is 3. The molecule has 4 heteroatoms. The predicted molar refractivity (Wildman–Crippen MR) is 79.9 cm³/mol. The SMILES string of the molecule is Cc1cc(COc2ccc(C(C)(C)C)cc2)oc1C(=O)O. The fourth-order valence-corrected chi connectivity index (χ4v) is 2.04. The van der Waals surface area contributed by atoms with Crippen LogP contribution < -0.4 is 4.74 Å². The Balaban J connectivity index is 2.03. The van der Waals surface area contributed by atoms with Crippen LogP contribution in [-0.4, -0.2) is 11.1 Å².